The van der Waals surface area contributed by atoms with Crippen molar-refractivity contribution in [2.75, 3.05) is 13.1 Å². The van der Waals surface area contributed by atoms with Gasteiger partial charge in [-0.15, -0.1) is 0 Å². The van der Waals surface area contributed by atoms with E-state index < -0.39 is 0 Å². The van der Waals surface area contributed by atoms with Gasteiger partial charge in [-0.3, -0.25) is 5.84 Å². The Morgan fingerprint density at radius 1 is 1.33 bits per heavy atom. The van der Waals surface area contributed by atoms with E-state index in [1.165, 1.54) is 12.1 Å². The van der Waals surface area contributed by atoms with E-state index in [-0.39, 0.29) is 17.6 Å². The summed E-state index contributed by atoms with van der Waals surface area (Å²) in [6, 6.07) is 3.60. The highest BCUT2D eigenvalue weighted by Gasteiger charge is 2.22. The molecule has 0 saturated carbocycles. The van der Waals surface area contributed by atoms with Crippen molar-refractivity contribution in [2.24, 2.45) is 5.84 Å². The molecule has 2 N–H and O–H groups in total. The van der Waals surface area contributed by atoms with Gasteiger partial charge in [-0.05, 0) is 36.6 Å². The summed E-state index contributed by atoms with van der Waals surface area (Å²) in [5.41, 5.74) is 0.449. The fourth-order valence-electron chi connectivity index (χ4n) is 2.09. The average molecular weight is 212 g/mol. The van der Waals surface area contributed by atoms with E-state index >= 15 is 0 Å². The summed E-state index contributed by atoms with van der Waals surface area (Å²) in [5, 5.41) is 1.67. The quantitative estimate of drug-likeness (QED) is 0.721. The monoisotopic (exact) mass is 212 g/mol. The smallest absolute Gasteiger partial charge is 0.126 e. The summed E-state index contributed by atoms with van der Waals surface area (Å²) in [7, 11) is 0. The van der Waals surface area contributed by atoms with Crippen LogP contribution in [0.4, 0.5) is 8.78 Å². The molecule has 4 heteroatoms. The molecule has 1 saturated heterocycles. The number of hydrogen-bond donors (Lipinski definition) is 1. The van der Waals surface area contributed by atoms with Crippen LogP contribution in [-0.2, 0) is 0 Å². The number of hydrogen-bond acceptors (Lipinski definition) is 2. The second-order valence-electron chi connectivity index (χ2n) is 4.00. The third-order valence-corrected chi connectivity index (χ3v) is 2.85. The van der Waals surface area contributed by atoms with Gasteiger partial charge in [0.15, 0.2) is 0 Å². The van der Waals surface area contributed by atoms with Crippen LogP contribution in [0.15, 0.2) is 18.2 Å². The van der Waals surface area contributed by atoms with Gasteiger partial charge in [-0.1, -0.05) is 0 Å². The van der Waals surface area contributed by atoms with Crippen molar-refractivity contribution in [3.8, 4) is 0 Å². The zero-order valence-corrected chi connectivity index (χ0v) is 8.42. The molecule has 2 nitrogen and oxygen atoms in total. The molecule has 82 valence electrons. The maximum absolute atomic E-state index is 13.5. The number of rotatable bonds is 1. The molecule has 1 fully saturated rings. The average Bonchev–Trinajstić information content (AvgIpc) is 2.22. The van der Waals surface area contributed by atoms with E-state index in [0.717, 1.165) is 25.5 Å². The molecule has 1 unspecified atom stereocenters. The van der Waals surface area contributed by atoms with Gasteiger partial charge in [-0.2, -0.15) is 0 Å². The van der Waals surface area contributed by atoms with Crippen molar-refractivity contribution in [3.05, 3.63) is 35.4 Å². The van der Waals surface area contributed by atoms with Gasteiger partial charge in [0.1, 0.15) is 11.6 Å². The molecule has 0 spiro atoms. The van der Waals surface area contributed by atoms with Crippen LogP contribution < -0.4 is 5.84 Å². The second kappa shape index (κ2) is 4.24. The van der Waals surface area contributed by atoms with E-state index in [1.807, 2.05) is 0 Å². The summed E-state index contributed by atoms with van der Waals surface area (Å²) in [5.74, 6) is 4.96. The van der Waals surface area contributed by atoms with E-state index in [1.54, 1.807) is 5.01 Å². The van der Waals surface area contributed by atoms with Gasteiger partial charge in [0, 0.05) is 19.0 Å². The lowest BCUT2D eigenvalue weighted by molar-refractivity contribution is 0.210. The van der Waals surface area contributed by atoms with Crippen LogP contribution >= 0.6 is 0 Å². The van der Waals surface area contributed by atoms with Gasteiger partial charge in [0.05, 0.1) is 0 Å². The van der Waals surface area contributed by atoms with Crippen molar-refractivity contribution in [3.63, 3.8) is 0 Å². The van der Waals surface area contributed by atoms with Crippen LogP contribution in [0.2, 0.25) is 0 Å². The Morgan fingerprint density at radius 3 is 2.87 bits per heavy atom. The number of nitrogens with two attached hydrogens (primary N) is 1. The highest BCUT2D eigenvalue weighted by molar-refractivity contribution is 5.23. The van der Waals surface area contributed by atoms with Gasteiger partial charge in [0.25, 0.3) is 0 Å². The number of benzene rings is 1. The maximum atomic E-state index is 13.5. The van der Waals surface area contributed by atoms with Crippen LogP contribution in [0.3, 0.4) is 0 Å². The number of hydrazine groups is 1. The highest BCUT2D eigenvalue weighted by atomic mass is 19.1. The fourth-order valence-corrected chi connectivity index (χ4v) is 2.09. The predicted molar refractivity (Wildman–Crippen MR) is 54.1 cm³/mol. The largest absolute Gasteiger partial charge is 0.269 e. The first-order chi connectivity index (χ1) is 7.16. The van der Waals surface area contributed by atoms with Gasteiger partial charge < -0.3 is 0 Å². The molecular weight excluding hydrogens is 198 g/mol. The van der Waals surface area contributed by atoms with Crippen LogP contribution in [0, 0.1) is 11.6 Å². The standard InChI is InChI=1S/C11H14F2N2/c12-9-3-4-11(13)10(6-9)8-2-1-5-15(14)7-8/h3-4,6,8H,1-2,5,7,14H2. The Hall–Kier alpha value is -1.00. The molecule has 2 rings (SSSR count). The summed E-state index contributed by atoms with van der Waals surface area (Å²) >= 11 is 0. The van der Waals surface area contributed by atoms with Crippen LogP contribution in [0.25, 0.3) is 0 Å². The summed E-state index contributed by atoms with van der Waals surface area (Å²) in [6.07, 6.45) is 1.80. The summed E-state index contributed by atoms with van der Waals surface area (Å²) in [4.78, 5) is 0. The van der Waals surface area contributed by atoms with Crippen molar-refractivity contribution < 1.29 is 8.78 Å². The Bertz CT molecular complexity index is 354. The van der Waals surface area contributed by atoms with Gasteiger partial charge >= 0.3 is 0 Å². The molecular formula is C11H14F2N2. The van der Waals surface area contributed by atoms with Gasteiger partial charge in [0.2, 0.25) is 0 Å². The molecule has 0 bridgehead atoms. The van der Waals surface area contributed by atoms with Crippen molar-refractivity contribution in [1.82, 2.24) is 5.01 Å². The highest BCUT2D eigenvalue weighted by Crippen LogP contribution is 2.28. The van der Waals surface area contributed by atoms with Crippen LogP contribution in [0.1, 0.15) is 24.3 Å². The zero-order chi connectivity index (χ0) is 10.8. The minimum Gasteiger partial charge on any atom is -0.269 e. The molecule has 15 heavy (non-hydrogen) atoms. The third-order valence-electron chi connectivity index (χ3n) is 2.85. The summed E-state index contributed by atoms with van der Waals surface area (Å²) < 4.78 is 26.4. The Balaban J connectivity index is 2.24. The fraction of sp³-hybridized carbons (Fsp3) is 0.455. The Morgan fingerprint density at radius 2 is 2.13 bits per heavy atom. The van der Waals surface area contributed by atoms with E-state index in [2.05, 4.69) is 0 Å². The van der Waals surface area contributed by atoms with Crippen molar-refractivity contribution in [2.45, 2.75) is 18.8 Å². The normalized spacial score (nSPS) is 23.0. The van der Waals surface area contributed by atoms with Crippen molar-refractivity contribution >= 4 is 0 Å². The van der Waals surface area contributed by atoms with E-state index in [9.17, 15) is 8.78 Å². The maximum Gasteiger partial charge on any atom is 0.126 e. The zero-order valence-electron chi connectivity index (χ0n) is 8.42. The van der Waals surface area contributed by atoms with E-state index in [0.29, 0.717) is 12.1 Å². The Labute approximate surface area is 87.7 Å². The molecule has 1 aliphatic rings. The molecule has 1 aromatic carbocycles. The first-order valence-corrected chi connectivity index (χ1v) is 5.11. The first kappa shape index (κ1) is 10.5. The topological polar surface area (TPSA) is 29.3 Å². The molecule has 1 aromatic rings. The Kier molecular flexibility index (Phi) is 2.98. The first-order valence-electron chi connectivity index (χ1n) is 5.11. The predicted octanol–water partition coefficient (Wildman–Crippen LogP) is 2.02. The molecule has 0 amide bonds. The lowest BCUT2D eigenvalue weighted by Gasteiger charge is -2.29. The summed E-state index contributed by atoms with van der Waals surface area (Å²) in [6.45, 7) is 1.42. The molecule has 0 aromatic heterocycles. The van der Waals surface area contributed by atoms with Gasteiger partial charge in [-0.25, -0.2) is 13.8 Å². The molecule has 1 aliphatic heterocycles. The van der Waals surface area contributed by atoms with E-state index in [4.69, 9.17) is 5.84 Å². The number of halogens is 2. The molecule has 0 aliphatic carbocycles. The minimum atomic E-state index is -0.388. The van der Waals surface area contributed by atoms with Crippen LogP contribution in [-0.4, -0.2) is 18.1 Å². The molecule has 0 radical (unpaired) electrons. The SMILES string of the molecule is NN1CCCC(c2cc(F)ccc2F)C1. The third kappa shape index (κ3) is 2.33. The van der Waals surface area contributed by atoms with Crippen LogP contribution in [0.5, 0.6) is 0 Å². The van der Waals surface area contributed by atoms with Crippen molar-refractivity contribution in [1.29, 1.82) is 0 Å². The molecule has 1 heterocycles. The minimum absolute atomic E-state index is 0.0134. The molecule has 1 atom stereocenters. The second-order valence-corrected chi connectivity index (χ2v) is 4.00. The number of nitrogens with zero attached hydrogens (tertiary/aromatic N) is 1. The number of piperidine rings is 1. The lowest BCUT2D eigenvalue weighted by Crippen LogP contribution is -2.39. The lowest BCUT2D eigenvalue weighted by atomic mass is 9.91.